The van der Waals surface area contributed by atoms with Crippen LogP contribution in [0.4, 0.5) is 28.4 Å². The van der Waals surface area contributed by atoms with E-state index in [-0.39, 0.29) is 21.7 Å². The van der Waals surface area contributed by atoms with E-state index in [0.717, 1.165) is 28.4 Å². The number of rotatable bonds is 6. The zero-order valence-electron chi connectivity index (χ0n) is 33.1. The van der Waals surface area contributed by atoms with Crippen LogP contribution in [-0.2, 0) is 21.7 Å². The third-order valence-electron chi connectivity index (χ3n) is 10.0. The summed E-state index contributed by atoms with van der Waals surface area (Å²) in [5, 5.41) is 7.82. The molecule has 5 aromatic carbocycles. The maximum Gasteiger partial charge on any atom is 0.0881 e. The van der Waals surface area contributed by atoms with E-state index < -0.39 is 0 Å². The van der Waals surface area contributed by atoms with Crippen LogP contribution in [0.1, 0.15) is 105 Å². The zero-order valence-corrected chi connectivity index (χ0v) is 34.7. The third kappa shape index (κ3) is 7.97. The molecule has 2 nitrogen and oxygen atoms in total. The van der Waals surface area contributed by atoms with Gasteiger partial charge < -0.3 is 10.2 Å². The molecule has 0 atom stereocenters. The first kappa shape index (κ1) is 37.7. The average molecular weight is 728 g/mol. The van der Waals surface area contributed by atoms with Crippen molar-refractivity contribution < 1.29 is 0 Å². The maximum atomic E-state index is 7.43. The lowest BCUT2D eigenvalue weighted by Crippen LogP contribution is -2.16. The van der Waals surface area contributed by atoms with Gasteiger partial charge in [0.1, 0.15) is 0 Å². The standard InChI is InChI=1S/C48H55ClN2S/c1-45(2,3)33-18-23-38(24-19-33)51(42-30-52-43-25-20-34(29-39(42)43)46(4,5)6)41-15-13-14-40(44(41)49)50-37-21-16-31(17-22-37)32-26-35(47(7,8)9)28-36(27-32)48(10,11)12/h13-30,50H,1-12H3. The normalized spacial score (nSPS) is 12.7. The van der Waals surface area contributed by atoms with Crippen LogP contribution >= 0.6 is 22.9 Å². The smallest absolute Gasteiger partial charge is 0.0881 e. The van der Waals surface area contributed by atoms with Crippen molar-refractivity contribution in [2.24, 2.45) is 0 Å². The van der Waals surface area contributed by atoms with Gasteiger partial charge in [0.25, 0.3) is 0 Å². The first-order valence-electron chi connectivity index (χ1n) is 18.4. The molecule has 0 fully saturated rings. The number of hydrogen-bond donors (Lipinski definition) is 1. The lowest BCUT2D eigenvalue weighted by atomic mass is 9.79. The second kappa shape index (κ2) is 13.7. The highest BCUT2D eigenvalue weighted by molar-refractivity contribution is 7.17. The van der Waals surface area contributed by atoms with Crippen LogP contribution in [0, 0.1) is 0 Å². The summed E-state index contributed by atoms with van der Waals surface area (Å²) in [5.41, 5.74) is 13.0. The fourth-order valence-corrected chi connectivity index (χ4v) is 7.69. The van der Waals surface area contributed by atoms with Gasteiger partial charge in [-0.1, -0.05) is 149 Å². The van der Waals surface area contributed by atoms with Crippen LogP contribution in [0.25, 0.3) is 21.2 Å². The molecule has 0 bridgehead atoms. The molecule has 6 aromatic rings. The summed E-state index contributed by atoms with van der Waals surface area (Å²) in [7, 11) is 0. The van der Waals surface area contributed by atoms with Crippen molar-refractivity contribution in [3.8, 4) is 11.1 Å². The molecule has 4 heteroatoms. The summed E-state index contributed by atoms with van der Waals surface area (Å²) in [6.45, 7) is 27.3. The molecule has 1 aromatic heterocycles. The number of hydrogen-bond acceptors (Lipinski definition) is 3. The number of nitrogens with zero attached hydrogens (tertiary/aromatic N) is 1. The minimum absolute atomic E-state index is 0.0356. The molecule has 270 valence electrons. The Morgan fingerprint density at radius 2 is 1.08 bits per heavy atom. The van der Waals surface area contributed by atoms with Gasteiger partial charge in [-0.3, -0.25) is 0 Å². The van der Waals surface area contributed by atoms with Crippen molar-refractivity contribution in [1.82, 2.24) is 0 Å². The predicted octanol–water partition coefficient (Wildman–Crippen LogP) is 15.6. The molecule has 0 amide bonds. The predicted molar refractivity (Wildman–Crippen MR) is 231 cm³/mol. The molecule has 0 aliphatic carbocycles. The van der Waals surface area contributed by atoms with E-state index in [4.69, 9.17) is 11.6 Å². The van der Waals surface area contributed by atoms with E-state index in [1.165, 1.54) is 43.5 Å². The quantitative estimate of drug-likeness (QED) is 0.184. The molecule has 0 unspecified atom stereocenters. The summed E-state index contributed by atoms with van der Waals surface area (Å²) in [6.07, 6.45) is 0. The van der Waals surface area contributed by atoms with Crippen molar-refractivity contribution in [2.75, 3.05) is 10.2 Å². The fourth-order valence-electron chi connectivity index (χ4n) is 6.52. The van der Waals surface area contributed by atoms with Crippen LogP contribution in [0.5, 0.6) is 0 Å². The summed E-state index contributed by atoms with van der Waals surface area (Å²) in [5.74, 6) is 0. The number of thiophene rings is 1. The number of fused-ring (bicyclic) bond motifs is 1. The summed E-state index contributed by atoms with van der Waals surface area (Å²) in [6, 6.07) is 37.9. The minimum atomic E-state index is 0.0356. The summed E-state index contributed by atoms with van der Waals surface area (Å²) < 4.78 is 1.26. The molecule has 0 saturated heterocycles. The number of anilines is 5. The Labute approximate surface area is 321 Å². The first-order chi connectivity index (χ1) is 24.2. The Bertz CT molecular complexity index is 2160. The molecule has 0 aliphatic rings. The molecule has 6 rings (SSSR count). The number of nitrogens with one attached hydrogen (secondary N) is 1. The monoisotopic (exact) mass is 726 g/mol. The first-order valence-corrected chi connectivity index (χ1v) is 19.7. The van der Waals surface area contributed by atoms with Gasteiger partial charge in [-0.2, -0.15) is 0 Å². The highest BCUT2D eigenvalue weighted by Crippen LogP contribution is 2.47. The van der Waals surface area contributed by atoms with Crippen molar-refractivity contribution in [2.45, 2.75) is 105 Å². The van der Waals surface area contributed by atoms with Gasteiger partial charge in [0, 0.05) is 26.8 Å². The van der Waals surface area contributed by atoms with Crippen molar-refractivity contribution in [3.63, 3.8) is 0 Å². The lowest BCUT2D eigenvalue weighted by Gasteiger charge is -2.28. The van der Waals surface area contributed by atoms with Crippen molar-refractivity contribution in [1.29, 1.82) is 0 Å². The van der Waals surface area contributed by atoms with Crippen LogP contribution in [-0.4, -0.2) is 0 Å². The molecule has 52 heavy (non-hydrogen) atoms. The Hall–Kier alpha value is -4.05. The average Bonchev–Trinajstić information content (AvgIpc) is 3.48. The maximum absolute atomic E-state index is 7.43. The van der Waals surface area contributed by atoms with Gasteiger partial charge in [0.05, 0.1) is 22.1 Å². The fraction of sp³-hybridized carbons (Fsp3) is 0.333. The van der Waals surface area contributed by atoms with E-state index in [9.17, 15) is 0 Å². The third-order valence-corrected chi connectivity index (χ3v) is 11.4. The molecular formula is C48H55ClN2S. The molecule has 1 N–H and O–H groups in total. The summed E-state index contributed by atoms with van der Waals surface area (Å²) >= 11 is 9.20. The largest absolute Gasteiger partial charge is 0.354 e. The number of benzene rings is 5. The molecule has 0 radical (unpaired) electrons. The Morgan fingerprint density at radius 3 is 1.63 bits per heavy atom. The Kier molecular flexibility index (Phi) is 9.96. The highest BCUT2D eigenvalue weighted by atomic mass is 35.5. The number of halogens is 1. The van der Waals surface area contributed by atoms with Gasteiger partial charge in [-0.15, -0.1) is 11.3 Å². The molecular weight excluding hydrogens is 672 g/mol. The topological polar surface area (TPSA) is 15.3 Å². The van der Waals surface area contributed by atoms with Gasteiger partial charge in [-0.05, 0) is 104 Å². The lowest BCUT2D eigenvalue weighted by molar-refractivity contribution is 0.569. The van der Waals surface area contributed by atoms with E-state index in [2.05, 4.69) is 202 Å². The molecule has 0 aliphatic heterocycles. The second-order valence-electron chi connectivity index (χ2n) is 18.4. The van der Waals surface area contributed by atoms with Gasteiger partial charge in [-0.25, -0.2) is 0 Å². The van der Waals surface area contributed by atoms with Gasteiger partial charge in [0.2, 0.25) is 0 Å². The Balaban J connectivity index is 1.40. The Morgan fingerprint density at radius 1 is 0.519 bits per heavy atom. The molecule has 1 heterocycles. The van der Waals surface area contributed by atoms with Crippen molar-refractivity contribution in [3.05, 3.63) is 136 Å². The van der Waals surface area contributed by atoms with E-state index in [0.29, 0.717) is 5.02 Å². The van der Waals surface area contributed by atoms with Crippen LogP contribution < -0.4 is 10.2 Å². The SMILES string of the molecule is CC(C)(C)c1ccc(N(c2cccc(Nc3ccc(-c4cc(C(C)(C)C)cc(C(C)(C)C)c4)cc3)c2Cl)c2csc3ccc(C(C)(C)C)cc23)cc1. The van der Waals surface area contributed by atoms with Crippen LogP contribution in [0.2, 0.25) is 5.02 Å². The highest BCUT2D eigenvalue weighted by Gasteiger charge is 2.24. The van der Waals surface area contributed by atoms with E-state index in [1.54, 1.807) is 11.3 Å². The van der Waals surface area contributed by atoms with Gasteiger partial charge >= 0.3 is 0 Å². The van der Waals surface area contributed by atoms with Gasteiger partial charge in [0.15, 0.2) is 0 Å². The molecule has 0 saturated carbocycles. The second-order valence-corrected chi connectivity index (χ2v) is 19.6. The molecule has 0 spiro atoms. The van der Waals surface area contributed by atoms with Crippen LogP contribution in [0.3, 0.4) is 0 Å². The zero-order chi connectivity index (χ0) is 37.8. The minimum Gasteiger partial charge on any atom is -0.354 e. The van der Waals surface area contributed by atoms with E-state index in [1.807, 2.05) is 0 Å². The summed E-state index contributed by atoms with van der Waals surface area (Å²) in [4.78, 5) is 2.32. The van der Waals surface area contributed by atoms with Crippen LogP contribution in [0.15, 0.2) is 109 Å². The van der Waals surface area contributed by atoms with E-state index >= 15 is 0 Å². The van der Waals surface area contributed by atoms with Crippen molar-refractivity contribution >= 4 is 61.5 Å².